The van der Waals surface area contributed by atoms with Crippen LogP contribution in [0.4, 0.5) is 0 Å². The van der Waals surface area contributed by atoms with Crippen molar-refractivity contribution >= 4 is 5.57 Å². The van der Waals surface area contributed by atoms with Crippen molar-refractivity contribution in [3.05, 3.63) is 126 Å². The van der Waals surface area contributed by atoms with Gasteiger partial charge in [-0.2, -0.15) is 0 Å². The molecule has 0 N–H and O–H groups in total. The zero-order valence-electron chi connectivity index (χ0n) is 19.9. The van der Waals surface area contributed by atoms with Gasteiger partial charge in [-0.05, 0) is 36.6 Å². The van der Waals surface area contributed by atoms with Gasteiger partial charge in [0.25, 0.3) is 0 Å². The second kappa shape index (κ2) is 10.3. The van der Waals surface area contributed by atoms with Crippen molar-refractivity contribution in [3.63, 3.8) is 0 Å². The van der Waals surface area contributed by atoms with Crippen LogP contribution in [0.3, 0.4) is 0 Å². The predicted octanol–water partition coefficient (Wildman–Crippen LogP) is 7.42. The minimum atomic E-state index is -0.252. The molecule has 1 aliphatic rings. The average molecular weight is 458 g/mol. The van der Waals surface area contributed by atoms with Gasteiger partial charge in [0, 0.05) is 17.5 Å². The van der Waals surface area contributed by atoms with Crippen molar-refractivity contribution in [2.24, 2.45) is 0 Å². The fourth-order valence-electron chi connectivity index (χ4n) is 4.24. The van der Waals surface area contributed by atoms with Gasteiger partial charge in [0.1, 0.15) is 5.75 Å². The maximum atomic E-state index is 6.26. The molecule has 1 unspecified atom stereocenters. The Labute approximate surface area is 206 Å². The number of ether oxygens (including phenoxy) is 1. The van der Waals surface area contributed by atoms with Gasteiger partial charge in [0.2, 0.25) is 0 Å². The molecule has 0 bridgehead atoms. The molecule has 0 saturated heterocycles. The van der Waals surface area contributed by atoms with E-state index in [1.54, 1.807) is 0 Å². The number of nitrogens with zero attached hydrogens (tertiary/aromatic N) is 3. The van der Waals surface area contributed by atoms with Crippen LogP contribution in [0.1, 0.15) is 36.9 Å². The van der Waals surface area contributed by atoms with Crippen LogP contribution in [0.25, 0.3) is 28.3 Å². The van der Waals surface area contributed by atoms with Crippen LogP contribution in [-0.4, -0.2) is 15.0 Å². The van der Waals surface area contributed by atoms with E-state index in [0.717, 1.165) is 34.4 Å². The monoisotopic (exact) mass is 457 g/mol. The lowest BCUT2D eigenvalue weighted by molar-refractivity contribution is 0.227. The Kier molecular flexibility index (Phi) is 6.62. The summed E-state index contributed by atoms with van der Waals surface area (Å²) in [6, 6.07) is 26.4. The minimum absolute atomic E-state index is 0.252. The smallest absolute Gasteiger partial charge is 0.174 e. The van der Waals surface area contributed by atoms with Crippen molar-refractivity contribution in [2.45, 2.75) is 26.4 Å². The lowest BCUT2D eigenvalue weighted by atomic mass is 9.98. The van der Waals surface area contributed by atoms with E-state index >= 15 is 0 Å². The molecule has 3 aromatic carbocycles. The summed E-state index contributed by atoms with van der Waals surface area (Å²) in [4.78, 5) is 14.8. The van der Waals surface area contributed by atoms with E-state index < -0.39 is 0 Å². The molecule has 0 aliphatic carbocycles. The van der Waals surface area contributed by atoms with Crippen molar-refractivity contribution in [3.8, 4) is 28.5 Å². The highest BCUT2D eigenvalue weighted by Crippen LogP contribution is 2.36. The van der Waals surface area contributed by atoms with Crippen LogP contribution >= 0.6 is 0 Å². The summed E-state index contributed by atoms with van der Waals surface area (Å²) in [6.45, 7) is 4.04. The quantitative estimate of drug-likeness (QED) is 0.283. The summed E-state index contributed by atoms with van der Waals surface area (Å²) in [5.74, 6) is 2.82. The molecule has 0 saturated carbocycles. The first-order valence-electron chi connectivity index (χ1n) is 11.9. The lowest BCUT2D eigenvalue weighted by Crippen LogP contribution is -2.12. The summed E-state index contributed by atoms with van der Waals surface area (Å²) in [5.41, 5.74) is 5.23. The van der Waals surface area contributed by atoms with Gasteiger partial charge in [-0.1, -0.05) is 103 Å². The summed E-state index contributed by atoms with van der Waals surface area (Å²) >= 11 is 0. The Hall–Kier alpha value is -4.31. The zero-order chi connectivity index (χ0) is 24.0. The Balaban J connectivity index is 1.66. The van der Waals surface area contributed by atoms with Crippen molar-refractivity contribution < 1.29 is 4.74 Å². The Morgan fingerprint density at radius 3 is 2.34 bits per heavy atom. The van der Waals surface area contributed by atoms with Crippen LogP contribution in [-0.2, 0) is 6.42 Å². The maximum absolute atomic E-state index is 6.26. The summed E-state index contributed by atoms with van der Waals surface area (Å²) in [7, 11) is 0. The maximum Gasteiger partial charge on any atom is 0.174 e. The number of benzene rings is 3. The van der Waals surface area contributed by atoms with Crippen LogP contribution in [0.15, 0.2) is 109 Å². The highest BCUT2D eigenvalue weighted by molar-refractivity contribution is 5.84. The second-order valence-corrected chi connectivity index (χ2v) is 8.32. The van der Waals surface area contributed by atoms with E-state index in [0.29, 0.717) is 17.5 Å². The molecule has 4 heteroatoms. The molecule has 0 spiro atoms. The van der Waals surface area contributed by atoms with Crippen molar-refractivity contribution in [1.82, 2.24) is 15.0 Å². The van der Waals surface area contributed by atoms with E-state index in [1.807, 2.05) is 92.7 Å². The van der Waals surface area contributed by atoms with Crippen LogP contribution < -0.4 is 4.74 Å². The largest absolute Gasteiger partial charge is 0.482 e. The van der Waals surface area contributed by atoms with Gasteiger partial charge in [0.15, 0.2) is 23.6 Å². The molecule has 4 nitrogen and oxygen atoms in total. The second-order valence-electron chi connectivity index (χ2n) is 8.32. The lowest BCUT2D eigenvalue weighted by Gasteiger charge is -2.15. The van der Waals surface area contributed by atoms with Crippen LogP contribution in [0.5, 0.6) is 5.75 Å². The molecule has 1 atom stereocenters. The molecule has 5 rings (SSSR count). The SMILES string of the molecule is C\C=C/C(=C\C=C\C)c1ccccc1-c1nc(-c2ccccc2)nc(C2Cc3ccccc3O2)n1. The molecular weight excluding hydrogens is 430 g/mol. The van der Waals surface area contributed by atoms with Gasteiger partial charge in [-0.25, -0.2) is 15.0 Å². The number of aromatic nitrogens is 3. The third-order valence-corrected chi connectivity index (χ3v) is 5.91. The number of fused-ring (bicyclic) bond motifs is 1. The zero-order valence-corrected chi connectivity index (χ0v) is 19.9. The van der Waals surface area contributed by atoms with Gasteiger partial charge >= 0.3 is 0 Å². The standard InChI is InChI=1S/C31H27N3O/c1-3-5-14-22(13-4-2)25-18-10-11-19-26(25)30-32-29(23-15-7-6-8-16-23)33-31(34-30)28-21-24-17-9-12-20-27(24)35-28/h3-20,28H,21H2,1-2H3/b5-3+,13-4-,22-14+. The number of hydrogen-bond donors (Lipinski definition) is 0. The fourth-order valence-corrected chi connectivity index (χ4v) is 4.24. The number of para-hydroxylation sites is 1. The van der Waals surface area contributed by atoms with Gasteiger partial charge in [-0.15, -0.1) is 0 Å². The molecule has 1 aliphatic heterocycles. The van der Waals surface area contributed by atoms with Crippen molar-refractivity contribution in [1.29, 1.82) is 0 Å². The molecule has 0 amide bonds. The topological polar surface area (TPSA) is 47.9 Å². The van der Waals surface area contributed by atoms with Crippen LogP contribution in [0.2, 0.25) is 0 Å². The average Bonchev–Trinajstić information content (AvgIpc) is 3.36. The summed E-state index contributed by atoms with van der Waals surface area (Å²) < 4.78 is 6.26. The first-order valence-corrected chi connectivity index (χ1v) is 11.9. The highest BCUT2D eigenvalue weighted by atomic mass is 16.5. The fraction of sp³-hybridized carbons (Fsp3) is 0.129. The Bertz CT molecular complexity index is 1400. The first kappa shape index (κ1) is 22.5. The predicted molar refractivity (Wildman–Crippen MR) is 142 cm³/mol. The van der Waals surface area contributed by atoms with E-state index in [-0.39, 0.29) is 6.10 Å². The Morgan fingerprint density at radius 1 is 0.800 bits per heavy atom. The van der Waals surface area contributed by atoms with Gasteiger partial charge < -0.3 is 4.74 Å². The highest BCUT2D eigenvalue weighted by Gasteiger charge is 2.28. The molecule has 0 fully saturated rings. The number of hydrogen-bond acceptors (Lipinski definition) is 4. The molecule has 172 valence electrons. The molecule has 0 radical (unpaired) electrons. The summed E-state index contributed by atoms with van der Waals surface area (Å²) in [5, 5.41) is 0. The molecule has 35 heavy (non-hydrogen) atoms. The normalized spacial score (nSPS) is 15.5. The minimum Gasteiger partial charge on any atom is -0.482 e. The third kappa shape index (κ3) is 4.82. The van der Waals surface area contributed by atoms with Gasteiger partial charge in [-0.3, -0.25) is 0 Å². The van der Waals surface area contributed by atoms with E-state index in [4.69, 9.17) is 19.7 Å². The van der Waals surface area contributed by atoms with E-state index in [2.05, 4.69) is 30.4 Å². The molecular formula is C31H27N3O. The summed E-state index contributed by atoms with van der Waals surface area (Å²) in [6.07, 6.45) is 10.8. The van der Waals surface area contributed by atoms with Gasteiger partial charge in [0.05, 0.1) is 0 Å². The molecule has 4 aromatic rings. The number of allylic oxidation sites excluding steroid dienone is 6. The van der Waals surface area contributed by atoms with Crippen LogP contribution in [0, 0.1) is 0 Å². The molecule has 2 heterocycles. The van der Waals surface area contributed by atoms with Crippen molar-refractivity contribution in [2.75, 3.05) is 0 Å². The Morgan fingerprint density at radius 2 is 1.54 bits per heavy atom. The first-order chi connectivity index (χ1) is 17.3. The van der Waals surface area contributed by atoms with E-state index in [1.165, 1.54) is 5.56 Å². The number of rotatable bonds is 6. The van der Waals surface area contributed by atoms with E-state index in [9.17, 15) is 0 Å². The molecule has 1 aromatic heterocycles. The third-order valence-electron chi connectivity index (χ3n) is 5.91.